The fourth-order valence-corrected chi connectivity index (χ4v) is 4.52. The van der Waals surface area contributed by atoms with Crippen LogP contribution in [-0.2, 0) is 28.0 Å². The Labute approximate surface area is 231 Å². The Morgan fingerprint density at radius 2 is 1.65 bits per heavy atom. The van der Waals surface area contributed by atoms with Crippen molar-refractivity contribution in [3.05, 3.63) is 75.7 Å². The van der Waals surface area contributed by atoms with Crippen molar-refractivity contribution in [1.29, 1.82) is 0 Å². The molecule has 0 unspecified atom stereocenters. The van der Waals surface area contributed by atoms with Gasteiger partial charge in [0, 0.05) is 18.2 Å². The molecule has 0 N–H and O–H groups in total. The maximum atomic E-state index is 13.7. The number of methoxy groups -OCH3 is 2. The van der Waals surface area contributed by atoms with E-state index in [1.807, 2.05) is 13.8 Å². The molecule has 2 aromatic heterocycles. The average Bonchev–Trinajstić information content (AvgIpc) is 2.91. The van der Waals surface area contributed by atoms with Crippen molar-refractivity contribution in [2.45, 2.75) is 33.0 Å². The van der Waals surface area contributed by atoms with E-state index in [1.54, 1.807) is 30.3 Å². The molecule has 12 heteroatoms. The number of rotatable bonds is 10. The van der Waals surface area contributed by atoms with Crippen molar-refractivity contribution in [1.82, 2.24) is 9.97 Å². The minimum Gasteiger partial charge on any atom is -0.493 e. The summed E-state index contributed by atoms with van der Waals surface area (Å²) >= 11 is 0. The monoisotopic (exact) mass is 571 g/mol. The number of hydrogen-bond acceptors (Lipinski definition) is 9. The van der Waals surface area contributed by atoms with E-state index in [1.165, 1.54) is 33.4 Å². The van der Waals surface area contributed by atoms with Gasteiger partial charge in [-0.15, -0.1) is 0 Å². The van der Waals surface area contributed by atoms with E-state index < -0.39 is 21.5 Å². The summed E-state index contributed by atoms with van der Waals surface area (Å²) in [6, 6.07) is 10.6. The maximum absolute atomic E-state index is 13.7. The van der Waals surface area contributed by atoms with Crippen LogP contribution in [0.3, 0.4) is 0 Å². The van der Waals surface area contributed by atoms with Crippen LogP contribution in [0.2, 0.25) is 0 Å². The lowest BCUT2D eigenvalue weighted by atomic mass is 9.99. The van der Waals surface area contributed by atoms with Crippen molar-refractivity contribution < 1.29 is 31.4 Å². The predicted octanol–water partition coefficient (Wildman–Crippen LogP) is 4.64. The fourth-order valence-electron chi connectivity index (χ4n) is 4.14. The van der Waals surface area contributed by atoms with Crippen LogP contribution in [0.25, 0.3) is 22.0 Å². The summed E-state index contributed by atoms with van der Waals surface area (Å²) in [7, 11) is 0.709. The molecule has 0 saturated carbocycles. The summed E-state index contributed by atoms with van der Waals surface area (Å²) in [4.78, 5) is 21.7. The zero-order valence-electron chi connectivity index (χ0n) is 23.0. The largest absolute Gasteiger partial charge is 0.493 e. The predicted molar refractivity (Wildman–Crippen MR) is 149 cm³/mol. The molecule has 0 amide bonds. The molecule has 4 rings (SSSR count). The van der Waals surface area contributed by atoms with E-state index in [9.17, 15) is 17.6 Å². The quantitative estimate of drug-likeness (QED) is 0.268. The molecule has 212 valence electrons. The molecular weight excluding hydrogens is 541 g/mol. The van der Waals surface area contributed by atoms with Gasteiger partial charge in [-0.1, -0.05) is 13.8 Å². The molecular formula is C28H30FN3O7S. The van der Waals surface area contributed by atoms with E-state index in [0.29, 0.717) is 44.8 Å². The van der Waals surface area contributed by atoms with Gasteiger partial charge in [-0.25, -0.2) is 31.9 Å². The highest BCUT2D eigenvalue weighted by molar-refractivity contribution is 7.92. The molecule has 2 aromatic carbocycles. The SMILES string of the molecule is COc1cc2cc(COCc3c(-c4ccc(F)cc4)nc(N(C)S(C)(=O)=O)nc3C(C)C)oc(=O)c2cc1OC. The number of ether oxygens (including phenoxy) is 3. The van der Waals surface area contributed by atoms with Crippen LogP contribution < -0.4 is 19.4 Å². The van der Waals surface area contributed by atoms with Gasteiger partial charge in [0.25, 0.3) is 0 Å². The molecule has 10 nitrogen and oxygen atoms in total. The van der Waals surface area contributed by atoms with Gasteiger partial charge in [0.1, 0.15) is 18.2 Å². The third kappa shape index (κ3) is 6.07. The molecule has 0 saturated heterocycles. The number of hydrogen-bond donors (Lipinski definition) is 0. The lowest BCUT2D eigenvalue weighted by Gasteiger charge is -2.21. The van der Waals surface area contributed by atoms with Crippen LogP contribution in [-0.4, -0.2) is 45.9 Å². The third-order valence-corrected chi connectivity index (χ3v) is 7.44. The number of anilines is 1. The van der Waals surface area contributed by atoms with Crippen LogP contribution in [0.1, 0.15) is 36.8 Å². The summed E-state index contributed by atoms with van der Waals surface area (Å²) < 4.78 is 61.2. The van der Waals surface area contributed by atoms with Gasteiger partial charge in [-0.3, -0.25) is 0 Å². The molecule has 0 radical (unpaired) electrons. The first-order valence-electron chi connectivity index (χ1n) is 12.3. The van der Waals surface area contributed by atoms with Crippen LogP contribution in [0.4, 0.5) is 10.3 Å². The molecule has 0 aliphatic carbocycles. The normalized spacial score (nSPS) is 11.7. The molecule has 0 aliphatic heterocycles. The fraction of sp³-hybridized carbons (Fsp3) is 0.321. The summed E-state index contributed by atoms with van der Waals surface area (Å²) in [5.41, 5.74) is 1.58. The maximum Gasteiger partial charge on any atom is 0.344 e. The van der Waals surface area contributed by atoms with Gasteiger partial charge in [0.2, 0.25) is 16.0 Å². The third-order valence-electron chi connectivity index (χ3n) is 6.28. The van der Waals surface area contributed by atoms with Gasteiger partial charge in [-0.2, -0.15) is 0 Å². The minimum absolute atomic E-state index is 0.0107. The molecule has 0 aliphatic rings. The standard InChI is InChI=1S/C28H30FN3O7S/c1-16(2)25-22(26(17-7-9-19(29)10-8-17)31-28(30-25)32(3)40(6,34)35)15-38-14-20-11-18-12-23(36-4)24(37-5)13-21(18)27(33)39-20/h7-13,16H,14-15H2,1-6H3. The Balaban J connectivity index is 1.72. The van der Waals surface area contributed by atoms with E-state index >= 15 is 0 Å². The van der Waals surface area contributed by atoms with Crippen LogP contribution in [0.15, 0.2) is 51.7 Å². The second kappa shape index (κ2) is 11.6. The number of halogens is 1. The molecule has 40 heavy (non-hydrogen) atoms. The van der Waals surface area contributed by atoms with Gasteiger partial charge >= 0.3 is 5.63 Å². The van der Waals surface area contributed by atoms with Gasteiger partial charge in [0.05, 0.1) is 43.9 Å². The zero-order chi connectivity index (χ0) is 29.2. The molecule has 0 spiro atoms. The van der Waals surface area contributed by atoms with Crippen molar-refractivity contribution in [3.63, 3.8) is 0 Å². The van der Waals surface area contributed by atoms with Crippen LogP contribution in [0.5, 0.6) is 11.5 Å². The summed E-state index contributed by atoms with van der Waals surface area (Å²) in [6.45, 7) is 3.78. The topological polar surface area (TPSA) is 121 Å². The Morgan fingerprint density at radius 3 is 2.25 bits per heavy atom. The van der Waals surface area contributed by atoms with E-state index in [-0.39, 0.29) is 30.8 Å². The number of benzene rings is 2. The zero-order valence-corrected chi connectivity index (χ0v) is 23.8. The van der Waals surface area contributed by atoms with E-state index in [0.717, 1.165) is 10.6 Å². The van der Waals surface area contributed by atoms with Crippen molar-refractivity contribution in [2.75, 3.05) is 31.8 Å². The molecule has 2 heterocycles. The van der Waals surface area contributed by atoms with Gasteiger partial charge < -0.3 is 18.6 Å². The van der Waals surface area contributed by atoms with Crippen molar-refractivity contribution >= 4 is 26.7 Å². The Morgan fingerprint density at radius 1 is 1.00 bits per heavy atom. The van der Waals surface area contributed by atoms with Crippen molar-refractivity contribution in [3.8, 4) is 22.8 Å². The first kappa shape index (κ1) is 29.0. The summed E-state index contributed by atoms with van der Waals surface area (Å²) in [5, 5.41) is 0.931. The molecule has 0 atom stereocenters. The summed E-state index contributed by atoms with van der Waals surface area (Å²) in [5.74, 6) is 0.593. The van der Waals surface area contributed by atoms with Crippen molar-refractivity contribution in [2.24, 2.45) is 0 Å². The highest BCUT2D eigenvalue weighted by Gasteiger charge is 2.23. The summed E-state index contributed by atoms with van der Waals surface area (Å²) in [6.07, 6.45) is 1.06. The minimum atomic E-state index is -3.64. The number of nitrogens with zero attached hydrogens (tertiary/aromatic N) is 3. The average molecular weight is 572 g/mol. The molecule has 0 fully saturated rings. The van der Waals surface area contributed by atoms with Crippen LogP contribution >= 0.6 is 0 Å². The first-order valence-corrected chi connectivity index (χ1v) is 14.1. The smallest absolute Gasteiger partial charge is 0.344 e. The number of fused-ring (bicyclic) bond motifs is 1. The van der Waals surface area contributed by atoms with E-state index in [2.05, 4.69) is 9.97 Å². The highest BCUT2D eigenvalue weighted by atomic mass is 32.2. The number of aromatic nitrogens is 2. The van der Waals surface area contributed by atoms with E-state index in [4.69, 9.17) is 18.6 Å². The number of sulfonamides is 1. The lowest BCUT2D eigenvalue weighted by Crippen LogP contribution is -2.28. The second-order valence-electron chi connectivity index (χ2n) is 9.42. The Kier molecular flexibility index (Phi) is 8.40. The van der Waals surface area contributed by atoms with Gasteiger partial charge in [-0.05, 0) is 53.8 Å². The Hall–Kier alpha value is -4.03. The molecule has 4 aromatic rings. The lowest BCUT2D eigenvalue weighted by molar-refractivity contribution is 0.0903. The molecule has 0 bridgehead atoms. The highest BCUT2D eigenvalue weighted by Crippen LogP contribution is 2.33. The van der Waals surface area contributed by atoms with Gasteiger partial charge in [0.15, 0.2) is 11.5 Å². The first-order chi connectivity index (χ1) is 18.9. The second-order valence-corrected chi connectivity index (χ2v) is 11.4. The van der Waals surface area contributed by atoms with Crippen LogP contribution in [0, 0.1) is 5.82 Å². The Bertz CT molecular complexity index is 1700.